The average molecular weight is 312 g/mol. The van der Waals surface area contributed by atoms with Crippen molar-refractivity contribution in [1.82, 2.24) is 10.0 Å². The van der Waals surface area contributed by atoms with E-state index in [0.717, 1.165) is 18.4 Å². The van der Waals surface area contributed by atoms with Gasteiger partial charge in [0.05, 0.1) is 11.4 Å². The molecule has 5 nitrogen and oxygen atoms in total. The van der Waals surface area contributed by atoms with Crippen molar-refractivity contribution < 1.29 is 13.2 Å². The number of amides is 1. The van der Waals surface area contributed by atoms with Crippen molar-refractivity contribution in [2.45, 2.75) is 44.4 Å². The molecule has 0 aliphatic carbocycles. The van der Waals surface area contributed by atoms with E-state index < -0.39 is 10.0 Å². The van der Waals surface area contributed by atoms with E-state index in [9.17, 15) is 13.2 Å². The Morgan fingerprint density at radius 1 is 1.19 bits per heavy atom. The molecule has 21 heavy (non-hydrogen) atoms. The molecular formula is C15H24N2O3S. The van der Waals surface area contributed by atoms with Gasteiger partial charge in [-0.15, -0.1) is 0 Å². The maximum Gasteiger partial charge on any atom is 0.241 e. The summed E-state index contributed by atoms with van der Waals surface area (Å²) in [6, 6.07) is 6.71. The fraction of sp³-hybridized carbons (Fsp3) is 0.533. The van der Waals surface area contributed by atoms with Crippen molar-refractivity contribution in [2.24, 2.45) is 0 Å². The SMILES string of the molecule is CCCCNC(=O)CNS(=O)(=O)c1ccc(C(C)C)cc1. The van der Waals surface area contributed by atoms with Crippen LogP contribution in [0.2, 0.25) is 0 Å². The summed E-state index contributed by atoms with van der Waals surface area (Å²) in [7, 11) is -3.64. The molecular weight excluding hydrogens is 288 g/mol. The Morgan fingerprint density at radius 2 is 1.81 bits per heavy atom. The van der Waals surface area contributed by atoms with Crippen LogP contribution in [0, 0.1) is 0 Å². The minimum absolute atomic E-state index is 0.174. The largest absolute Gasteiger partial charge is 0.355 e. The van der Waals surface area contributed by atoms with Gasteiger partial charge in [0.15, 0.2) is 0 Å². The van der Waals surface area contributed by atoms with E-state index >= 15 is 0 Å². The number of nitrogens with one attached hydrogen (secondary N) is 2. The molecule has 0 bridgehead atoms. The molecule has 0 aliphatic rings. The normalized spacial score (nSPS) is 11.6. The molecule has 0 unspecified atom stereocenters. The summed E-state index contributed by atoms with van der Waals surface area (Å²) in [5.41, 5.74) is 1.08. The van der Waals surface area contributed by atoms with Gasteiger partial charge in [0.25, 0.3) is 0 Å². The number of rotatable bonds is 8. The predicted octanol–water partition coefficient (Wildman–Crippen LogP) is 2.00. The van der Waals surface area contributed by atoms with Crippen molar-refractivity contribution in [2.75, 3.05) is 13.1 Å². The lowest BCUT2D eigenvalue weighted by Crippen LogP contribution is -2.37. The second-order valence-electron chi connectivity index (χ2n) is 5.25. The lowest BCUT2D eigenvalue weighted by molar-refractivity contribution is -0.119. The van der Waals surface area contributed by atoms with Gasteiger partial charge in [-0.1, -0.05) is 39.3 Å². The molecule has 1 aromatic carbocycles. The summed E-state index contributed by atoms with van der Waals surface area (Å²) in [5, 5.41) is 2.67. The highest BCUT2D eigenvalue weighted by molar-refractivity contribution is 7.89. The monoisotopic (exact) mass is 312 g/mol. The Bertz CT molecular complexity index is 551. The van der Waals surface area contributed by atoms with Gasteiger partial charge in [-0.2, -0.15) is 0 Å². The minimum Gasteiger partial charge on any atom is -0.355 e. The van der Waals surface area contributed by atoms with Crippen LogP contribution in [0.1, 0.15) is 45.1 Å². The highest BCUT2D eigenvalue weighted by Crippen LogP contribution is 2.17. The van der Waals surface area contributed by atoms with E-state index in [2.05, 4.69) is 10.0 Å². The summed E-state index contributed by atoms with van der Waals surface area (Å²) in [5.74, 6) is 0.0323. The van der Waals surface area contributed by atoms with Crippen molar-refractivity contribution in [1.29, 1.82) is 0 Å². The number of benzene rings is 1. The Hall–Kier alpha value is -1.40. The van der Waals surface area contributed by atoms with Gasteiger partial charge < -0.3 is 5.32 Å². The standard InChI is InChI=1S/C15H24N2O3S/c1-4-5-10-16-15(18)11-17-21(19,20)14-8-6-13(7-9-14)12(2)3/h6-9,12,17H,4-5,10-11H2,1-3H3,(H,16,18). The maximum absolute atomic E-state index is 12.1. The summed E-state index contributed by atoms with van der Waals surface area (Å²) < 4.78 is 26.4. The Balaban J connectivity index is 2.59. The lowest BCUT2D eigenvalue weighted by Gasteiger charge is -2.09. The number of carbonyl (C=O) groups is 1. The first-order valence-electron chi connectivity index (χ1n) is 7.23. The average Bonchev–Trinajstić information content (AvgIpc) is 2.45. The van der Waals surface area contributed by atoms with Crippen LogP contribution in [-0.2, 0) is 14.8 Å². The summed E-state index contributed by atoms with van der Waals surface area (Å²) in [6.45, 7) is 6.44. The lowest BCUT2D eigenvalue weighted by atomic mass is 10.0. The third-order valence-corrected chi connectivity index (χ3v) is 4.55. The Kier molecular flexibility index (Phi) is 6.84. The van der Waals surface area contributed by atoms with Crippen molar-refractivity contribution >= 4 is 15.9 Å². The number of hydrogen-bond donors (Lipinski definition) is 2. The molecule has 0 spiro atoms. The number of carbonyl (C=O) groups excluding carboxylic acids is 1. The number of sulfonamides is 1. The fourth-order valence-electron chi connectivity index (χ4n) is 1.74. The minimum atomic E-state index is -3.64. The molecule has 1 rings (SSSR count). The van der Waals surface area contributed by atoms with Crippen LogP contribution in [0.3, 0.4) is 0 Å². The van der Waals surface area contributed by atoms with Crippen molar-refractivity contribution in [3.63, 3.8) is 0 Å². The molecule has 0 fully saturated rings. The van der Waals surface area contributed by atoms with Crippen LogP contribution in [0.25, 0.3) is 0 Å². The second kappa shape index (κ2) is 8.14. The zero-order chi connectivity index (χ0) is 15.9. The van der Waals surface area contributed by atoms with Gasteiger partial charge >= 0.3 is 0 Å². The van der Waals surface area contributed by atoms with Gasteiger partial charge in [-0.3, -0.25) is 4.79 Å². The van der Waals surface area contributed by atoms with Crippen LogP contribution in [0.4, 0.5) is 0 Å². The molecule has 118 valence electrons. The van der Waals surface area contributed by atoms with Crippen LogP contribution >= 0.6 is 0 Å². The highest BCUT2D eigenvalue weighted by Gasteiger charge is 2.15. The smallest absolute Gasteiger partial charge is 0.241 e. The van der Waals surface area contributed by atoms with Crippen LogP contribution in [-0.4, -0.2) is 27.4 Å². The molecule has 2 N–H and O–H groups in total. The first kappa shape index (κ1) is 17.7. The molecule has 0 radical (unpaired) electrons. The zero-order valence-electron chi connectivity index (χ0n) is 12.8. The predicted molar refractivity (Wildman–Crippen MR) is 83.6 cm³/mol. The molecule has 0 saturated carbocycles. The van der Waals surface area contributed by atoms with Gasteiger partial charge in [0.2, 0.25) is 15.9 Å². The van der Waals surface area contributed by atoms with Crippen molar-refractivity contribution in [3.8, 4) is 0 Å². The summed E-state index contributed by atoms with van der Waals surface area (Å²) in [4.78, 5) is 11.7. The van der Waals surface area contributed by atoms with E-state index in [4.69, 9.17) is 0 Å². The molecule has 0 saturated heterocycles. The van der Waals surface area contributed by atoms with Gasteiger partial charge in [0.1, 0.15) is 0 Å². The maximum atomic E-state index is 12.1. The molecule has 0 aromatic heterocycles. The fourth-order valence-corrected chi connectivity index (χ4v) is 2.73. The van der Waals surface area contributed by atoms with Gasteiger partial charge in [0, 0.05) is 6.54 Å². The topological polar surface area (TPSA) is 75.3 Å². The van der Waals surface area contributed by atoms with E-state index in [1.54, 1.807) is 24.3 Å². The molecule has 1 aromatic rings. The Morgan fingerprint density at radius 3 is 2.33 bits per heavy atom. The second-order valence-corrected chi connectivity index (χ2v) is 7.02. The van der Waals surface area contributed by atoms with E-state index in [-0.39, 0.29) is 17.3 Å². The van der Waals surface area contributed by atoms with E-state index in [1.165, 1.54) is 0 Å². The van der Waals surface area contributed by atoms with E-state index in [1.807, 2.05) is 20.8 Å². The first-order chi connectivity index (χ1) is 9.86. The van der Waals surface area contributed by atoms with E-state index in [0.29, 0.717) is 12.5 Å². The third kappa shape index (κ3) is 5.85. The molecule has 0 heterocycles. The van der Waals surface area contributed by atoms with Gasteiger partial charge in [-0.05, 0) is 30.0 Å². The third-order valence-electron chi connectivity index (χ3n) is 3.13. The highest BCUT2D eigenvalue weighted by atomic mass is 32.2. The number of unbranched alkanes of at least 4 members (excludes halogenated alkanes) is 1. The first-order valence-corrected chi connectivity index (χ1v) is 8.71. The quantitative estimate of drug-likeness (QED) is 0.721. The summed E-state index contributed by atoms with van der Waals surface area (Å²) >= 11 is 0. The molecule has 6 heteroatoms. The van der Waals surface area contributed by atoms with Crippen LogP contribution in [0.5, 0.6) is 0 Å². The molecule has 0 atom stereocenters. The van der Waals surface area contributed by atoms with Gasteiger partial charge in [-0.25, -0.2) is 13.1 Å². The molecule has 0 aliphatic heterocycles. The molecule has 1 amide bonds. The number of hydrogen-bond acceptors (Lipinski definition) is 3. The van der Waals surface area contributed by atoms with Crippen LogP contribution < -0.4 is 10.0 Å². The summed E-state index contributed by atoms with van der Waals surface area (Å²) in [6.07, 6.45) is 1.86. The van der Waals surface area contributed by atoms with Crippen molar-refractivity contribution in [3.05, 3.63) is 29.8 Å². The van der Waals surface area contributed by atoms with Crippen LogP contribution in [0.15, 0.2) is 29.2 Å². The Labute approximate surface area is 127 Å². The zero-order valence-corrected chi connectivity index (χ0v) is 13.7.